The number of pyridine rings is 1. The van der Waals surface area contributed by atoms with Crippen LogP contribution in [0.1, 0.15) is 44.9 Å². The van der Waals surface area contributed by atoms with Crippen molar-refractivity contribution in [2.75, 3.05) is 13.7 Å². The van der Waals surface area contributed by atoms with Gasteiger partial charge in [0, 0.05) is 31.8 Å². The van der Waals surface area contributed by atoms with Crippen LogP contribution < -0.4 is 10.5 Å². The molecule has 19 heavy (non-hydrogen) atoms. The molecular formula is C15H26N2O2. The van der Waals surface area contributed by atoms with Gasteiger partial charge in [-0.3, -0.25) is 0 Å². The third-order valence-electron chi connectivity index (χ3n) is 3.16. The summed E-state index contributed by atoms with van der Waals surface area (Å²) < 4.78 is 11.1. The molecule has 0 spiro atoms. The van der Waals surface area contributed by atoms with Gasteiger partial charge in [-0.25, -0.2) is 4.98 Å². The summed E-state index contributed by atoms with van der Waals surface area (Å²) in [5.41, 5.74) is 7.65. The first-order valence-corrected chi connectivity index (χ1v) is 6.88. The van der Waals surface area contributed by atoms with Gasteiger partial charge in [-0.15, -0.1) is 0 Å². The van der Waals surface area contributed by atoms with E-state index in [1.807, 2.05) is 19.9 Å². The van der Waals surface area contributed by atoms with E-state index < -0.39 is 0 Å². The Kier molecular flexibility index (Phi) is 6.25. The molecule has 0 unspecified atom stereocenters. The van der Waals surface area contributed by atoms with E-state index in [0.717, 1.165) is 30.5 Å². The van der Waals surface area contributed by atoms with Crippen LogP contribution >= 0.6 is 0 Å². The van der Waals surface area contributed by atoms with Crippen LogP contribution in [0.15, 0.2) is 12.1 Å². The van der Waals surface area contributed by atoms with E-state index in [4.69, 9.17) is 15.2 Å². The minimum absolute atomic E-state index is 0.169. The molecule has 0 radical (unpaired) electrons. The first-order chi connectivity index (χ1) is 9.00. The van der Waals surface area contributed by atoms with Crippen molar-refractivity contribution in [1.82, 2.24) is 4.98 Å². The fourth-order valence-electron chi connectivity index (χ4n) is 1.70. The van der Waals surface area contributed by atoms with Crippen molar-refractivity contribution in [3.63, 3.8) is 0 Å². The highest BCUT2D eigenvalue weighted by atomic mass is 16.5. The van der Waals surface area contributed by atoms with Crippen LogP contribution in [0.3, 0.4) is 0 Å². The molecule has 1 heterocycles. The average molecular weight is 266 g/mol. The van der Waals surface area contributed by atoms with Gasteiger partial charge in [0.05, 0.1) is 12.2 Å². The van der Waals surface area contributed by atoms with Crippen molar-refractivity contribution in [2.45, 2.75) is 52.2 Å². The first-order valence-electron chi connectivity index (χ1n) is 6.88. The molecule has 0 aliphatic rings. The number of rotatable bonds is 8. The monoisotopic (exact) mass is 266 g/mol. The summed E-state index contributed by atoms with van der Waals surface area (Å²) in [5.74, 6) is 0.665. The van der Waals surface area contributed by atoms with Gasteiger partial charge in [0.25, 0.3) is 0 Å². The van der Waals surface area contributed by atoms with Crippen molar-refractivity contribution in [3.05, 3.63) is 23.4 Å². The normalized spacial score (nSPS) is 11.6. The van der Waals surface area contributed by atoms with E-state index in [0.29, 0.717) is 19.0 Å². The third kappa shape index (κ3) is 5.57. The van der Waals surface area contributed by atoms with Crippen molar-refractivity contribution in [2.24, 2.45) is 5.73 Å². The largest absolute Gasteiger partial charge is 0.478 e. The molecule has 0 aromatic carbocycles. The van der Waals surface area contributed by atoms with Gasteiger partial charge in [-0.2, -0.15) is 0 Å². The van der Waals surface area contributed by atoms with Crippen LogP contribution in [0, 0.1) is 0 Å². The topological polar surface area (TPSA) is 57.4 Å². The highest BCUT2D eigenvalue weighted by molar-refractivity contribution is 5.25. The molecule has 1 aromatic rings. The predicted molar refractivity (Wildman–Crippen MR) is 77.3 cm³/mol. The van der Waals surface area contributed by atoms with Gasteiger partial charge < -0.3 is 15.2 Å². The van der Waals surface area contributed by atoms with Crippen LogP contribution in [0.4, 0.5) is 0 Å². The average Bonchev–Trinajstić information content (AvgIpc) is 2.38. The number of nitrogens with two attached hydrogens (primary N) is 1. The molecule has 1 rings (SSSR count). The Morgan fingerprint density at radius 1 is 1.32 bits per heavy atom. The lowest BCUT2D eigenvalue weighted by molar-refractivity contribution is 0.00507. The zero-order chi connectivity index (χ0) is 14.3. The van der Waals surface area contributed by atoms with E-state index in [9.17, 15) is 0 Å². The highest BCUT2D eigenvalue weighted by Gasteiger charge is 2.16. The van der Waals surface area contributed by atoms with Crippen LogP contribution in [0.5, 0.6) is 5.88 Å². The molecule has 0 atom stereocenters. The molecule has 2 N–H and O–H groups in total. The Morgan fingerprint density at radius 3 is 2.63 bits per heavy atom. The van der Waals surface area contributed by atoms with Gasteiger partial charge in [0.15, 0.2) is 0 Å². The SMILES string of the molecule is CCCc1cc(CN)cc(OCCC(C)(C)OC)n1. The quantitative estimate of drug-likeness (QED) is 0.786. The molecule has 0 aliphatic heterocycles. The second-order valence-electron chi connectivity index (χ2n) is 5.32. The summed E-state index contributed by atoms with van der Waals surface area (Å²) in [5, 5.41) is 0. The highest BCUT2D eigenvalue weighted by Crippen LogP contribution is 2.17. The number of methoxy groups -OCH3 is 1. The summed E-state index contributed by atoms with van der Waals surface area (Å²) in [6, 6.07) is 3.97. The lowest BCUT2D eigenvalue weighted by atomic mass is 10.1. The summed E-state index contributed by atoms with van der Waals surface area (Å²) in [4.78, 5) is 4.50. The van der Waals surface area contributed by atoms with Gasteiger partial charge in [-0.1, -0.05) is 13.3 Å². The van der Waals surface area contributed by atoms with Crippen molar-refractivity contribution < 1.29 is 9.47 Å². The zero-order valence-corrected chi connectivity index (χ0v) is 12.5. The van der Waals surface area contributed by atoms with Gasteiger partial charge in [0.2, 0.25) is 5.88 Å². The number of aryl methyl sites for hydroxylation is 1. The number of hydrogen-bond donors (Lipinski definition) is 1. The van der Waals surface area contributed by atoms with Gasteiger partial charge in [0.1, 0.15) is 0 Å². The number of aromatic nitrogens is 1. The molecule has 1 aromatic heterocycles. The lowest BCUT2D eigenvalue weighted by Gasteiger charge is -2.22. The van der Waals surface area contributed by atoms with Crippen LogP contribution in [-0.2, 0) is 17.7 Å². The Hall–Kier alpha value is -1.13. The maximum Gasteiger partial charge on any atom is 0.213 e. The van der Waals surface area contributed by atoms with Gasteiger partial charge in [-0.05, 0) is 31.9 Å². The zero-order valence-electron chi connectivity index (χ0n) is 12.5. The molecule has 0 amide bonds. The van der Waals surface area contributed by atoms with Crippen LogP contribution in [-0.4, -0.2) is 24.3 Å². The van der Waals surface area contributed by atoms with Gasteiger partial charge >= 0.3 is 0 Å². The number of ether oxygens (including phenoxy) is 2. The maximum absolute atomic E-state index is 5.73. The van der Waals surface area contributed by atoms with E-state index >= 15 is 0 Å². The summed E-state index contributed by atoms with van der Waals surface area (Å²) in [7, 11) is 1.71. The van der Waals surface area contributed by atoms with Crippen LogP contribution in [0.2, 0.25) is 0 Å². The molecule has 0 fully saturated rings. The molecule has 4 heteroatoms. The molecule has 0 aliphatic carbocycles. The molecular weight excluding hydrogens is 240 g/mol. The minimum Gasteiger partial charge on any atom is -0.478 e. The van der Waals surface area contributed by atoms with E-state index in [1.54, 1.807) is 7.11 Å². The van der Waals surface area contributed by atoms with Crippen LogP contribution in [0.25, 0.3) is 0 Å². The molecule has 0 saturated heterocycles. The standard InChI is InChI=1S/C15H26N2O2/c1-5-6-13-9-12(11-16)10-14(17-13)19-8-7-15(2,3)18-4/h9-10H,5-8,11,16H2,1-4H3. The van der Waals surface area contributed by atoms with Crippen molar-refractivity contribution in [1.29, 1.82) is 0 Å². The Balaban J connectivity index is 2.64. The molecule has 108 valence electrons. The minimum atomic E-state index is -0.169. The predicted octanol–water partition coefficient (Wildman–Crippen LogP) is 2.69. The second-order valence-corrected chi connectivity index (χ2v) is 5.32. The maximum atomic E-state index is 5.73. The Morgan fingerprint density at radius 2 is 2.05 bits per heavy atom. The Bertz CT molecular complexity index is 392. The Labute approximate surface area is 116 Å². The number of nitrogens with zero attached hydrogens (tertiary/aromatic N) is 1. The summed E-state index contributed by atoms with van der Waals surface area (Å²) in [6.07, 6.45) is 2.84. The second kappa shape index (κ2) is 7.46. The van der Waals surface area contributed by atoms with E-state index in [-0.39, 0.29) is 5.60 Å². The summed E-state index contributed by atoms with van der Waals surface area (Å²) in [6.45, 7) is 7.33. The molecule has 0 bridgehead atoms. The smallest absolute Gasteiger partial charge is 0.213 e. The molecule has 0 saturated carbocycles. The van der Waals surface area contributed by atoms with Crippen molar-refractivity contribution >= 4 is 0 Å². The molecule has 4 nitrogen and oxygen atoms in total. The summed E-state index contributed by atoms with van der Waals surface area (Å²) >= 11 is 0. The fraction of sp³-hybridized carbons (Fsp3) is 0.667. The lowest BCUT2D eigenvalue weighted by Crippen LogP contribution is -2.25. The van der Waals surface area contributed by atoms with Crippen molar-refractivity contribution in [3.8, 4) is 5.88 Å². The van der Waals surface area contributed by atoms with E-state index in [2.05, 4.69) is 18.0 Å². The van der Waals surface area contributed by atoms with E-state index in [1.165, 1.54) is 0 Å². The fourth-order valence-corrected chi connectivity index (χ4v) is 1.70. The first kappa shape index (κ1) is 15.9. The number of hydrogen-bond acceptors (Lipinski definition) is 4. The third-order valence-corrected chi connectivity index (χ3v) is 3.16.